The molecule has 23 heavy (non-hydrogen) atoms. The Labute approximate surface area is 132 Å². The SMILES string of the molecule is Cn1cc(-c2ccc(C(=O)NOc3ccccc3F)cc2)cn1. The van der Waals surface area contributed by atoms with Crippen molar-refractivity contribution in [1.29, 1.82) is 0 Å². The second kappa shape index (κ2) is 6.31. The van der Waals surface area contributed by atoms with Crippen molar-refractivity contribution in [2.24, 2.45) is 7.05 Å². The highest BCUT2D eigenvalue weighted by Crippen LogP contribution is 2.19. The summed E-state index contributed by atoms with van der Waals surface area (Å²) in [6.07, 6.45) is 3.63. The maximum atomic E-state index is 13.4. The van der Waals surface area contributed by atoms with Crippen LogP contribution in [0, 0.1) is 5.82 Å². The Morgan fingerprint density at radius 3 is 2.52 bits per heavy atom. The minimum absolute atomic E-state index is 0.0344. The minimum atomic E-state index is -0.542. The van der Waals surface area contributed by atoms with Crippen molar-refractivity contribution in [1.82, 2.24) is 15.3 Å². The molecular weight excluding hydrogens is 297 g/mol. The van der Waals surface area contributed by atoms with Crippen molar-refractivity contribution in [3.8, 4) is 16.9 Å². The number of carbonyl (C=O) groups excluding carboxylic acids is 1. The lowest BCUT2D eigenvalue weighted by molar-refractivity contribution is 0.0752. The normalized spacial score (nSPS) is 10.3. The zero-order valence-corrected chi connectivity index (χ0v) is 12.4. The fraction of sp³-hybridized carbons (Fsp3) is 0.0588. The molecule has 0 aliphatic carbocycles. The number of nitrogens with one attached hydrogen (secondary N) is 1. The third kappa shape index (κ3) is 3.37. The van der Waals surface area contributed by atoms with Crippen LogP contribution in [0.4, 0.5) is 4.39 Å². The number of benzene rings is 2. The van der Waals surface area contributed by atoms with Gasteiger partial charge in [-0.3, -0.25) is 9.48 Å². The number of aryl methyl sites for hydroxylation is 1. The van der Waals surface area contributed by atoms with Crippen LogP contribution < -0.4 is 10.3 Å². The molecule has 3 aromatic rings. The molecular formula is C17H14FN3O2. The van der Waals surface area contributed by atoms with Crippen LogP contribution in [-0.2, 0) is 7.05 Å². The van der Waals surface area contributed by atoms with Gasteiger partial charge in [-0.25, -0.2) is 4.39 Å². The molecule has 6 heteroatoms. The van der Waals surface area contributed by atoms with Gasteiger partial charge in [0.15, 0.2) is 11.6 Å². The maximum Gasteiger partial charge on any atom is 0.283 e. The molecule has 0 fully saturated rings. The van der Waals surface area contributed by atoms with E-state index in [0.29, 0.717) is 5.56 Å². The van der Waals surface area contributed by atoms with E-state index < -0.39 is 11.7 Å². The molecule has 1 amide bonds. The van der Waals surface area contributed by atoms with Crippen LogP contribution in [0.5, 0.6) is 5.75 Å². The Morgan fingerprint density at radius 2 is 1.87 bits per heavy atom. The molecule has 2 aromatic carbocycles. The van der Waals surface area contributed by atoms with Crippen LogP contribution >= 0.6 is 0 Å². The summed E-state index contributed by atoms with van der Waals surface area (Å²) in [6.45, 7) is 0. The van der Waals surface area contributed by atoms with Crippen molar-refractivity contribution in [2.75, 3.05) is 0 Å². The van der Waals surface area contributed by atoms with Crippen LogP contribution in [0.15, 0.2) is 60.9 Å². The molecule has 0 radical (unpaired) electrons. The van der Waals surface area contributed by atoms with Gasteiger partial charge in [0.25, 0.3) is 5.91 Å². The van der Waals surface area contributed by atoms with Gasteiger partial charge in [-0.05, 0) is 29.8 Å². The van der Waals surface area contributed by atoms with E-state index in [0.717, 1.165) is 11.1 Å². The topological polar surface area (TPSA) is 56.2 Å². The lowest BCUT2D eigenvalue weighted by Gasteiger charge is -2.08. The Bertz CT molecular complexity index is 828. The summed E-state index contributed by atoms with van der Waals surface area (Å²) < 4.78 is 15.1. The molecule has 0 saturated carbocycles. The predicted molar refractivity (Wildman–Crippen MR) is 83.1 cm³/mol. The molecule has 0 unspecified atom stereocenters. The van der Waals surface area contributed by atoms with Gasteiger partial charge < -0.3 is 4.84 Å². The second-order valence-corrected chi connectivity index (χ2v) is 4.94. The van der Waals surface area contributed by atoms with Gasteiger partial charge in [-0.2, -0.15) is 10.6 Å². The van der Waals surface area contributed by atoms with E-state index in [2.05, 4.69) is 10.6 Å². The van der Waals surface area contributed by atoms with Gasteiger partial charge >= 0.3 is 0 Å². The zero-order chi connectivity index (χ0) is 16.2. The second-order valence-electron chi connectivity index (χ2n) is 4.94. The Hall–Kier alpha value is -3.15. The zero-order valence-electron chi connectivity index (χ0n) is 12.4. The number of hydroxylamine groups is 1. The van der Waals surface area contributed by atoms with Gasteiger partial charge in [0.05, 0.1) is 6.20 Å². The van der Waals surface area contributed by atoms with Crippen LogP contribution in [0.1, 0.15) is 10.4 Å². The van der Waals surface area contributed by atoms with E-state index in [4.69, 9.17) is 4.84 Å². The third-order valence-electron chi connectivity index (χ3n) is 3.28. The summed E-state index contributed by atoms with van der Waals surface area (Å²) >= 11 is 0. The lowest BCUT2D eigenvalue weighted by atomic mass is 10.1. The monoisotopic (exact) mass is 311 g/mol. The number of para-hydroxylation sites is 1. The van der Waals surface area contributed by atoms with Crippen molar-refractivity contribution in [3.05, 3.63) is 72.3 Å². The van der Waals surface area contributed by atoms with E-state index >= 15 is 0 Å². The largest absolute Gasteiger partial charge is 0.376 e. The van der Waals surface area contributed by atoms with Crippen LogP contribution in [0.25, 0.3) is 11.1 Å². The molecule has 1 N–H and O–H groups in total. The standard InChI is InChI=1S/C17H14FN3O2/c1-21-11-14(10-19-21)12-6-8-13(9-7-12)17(22)20-23-16-5-3-2-4-15(16)18/h2-11H,1H3,(H,20,22). The van der Waals surface area contributed by atoms with Crippen molar-refractivity contribution in [2.45, 2.75) is 0 Å². The average molecular weight is 311 g/mol. The van der Waals surface area contributed by atoms with Gasteiger partial charge in [-0.1, -0.05) is 24.3 Å². The summed E-state index contributed by atoms with van der Waals surface area (Å²) in [7, 11) is 1.84. The molecule has 116 valence electrons. The van der Waals surface area contributed by atoms with Crippen LogP contribution in [-0.4, -0.2) is 15.7 Å². The number of nitrogens with zero attached hydrogens (tertiary/aromatic N) is 2. The molecule has 1 aromatic heterocycles. The predicted octanol–water partition coefficient (Wildman–Crippen LogP) is 2.95. The van der Waals surface area contributed by atoms with Gasteiger partial charge in [0.2, 0.25) is 0 Å². The van der Waals surface area contributed by atoms with E-state index in [9.17, 15) is 9.18 Å². The molecule has 0 spiro atoms. The fourth-order valence-corrected chi connectivity index (χ4v) is 2.07. The highest BCUT2D eigenvalue weighted by Gasteiger charge is 2.09. The molecule has 0 aliphatic heterocycles. The van der Waals surface area contributed by atoms with Crippen molar-refractivity contribution < 1.29 is 14.0 Å². The summed E-state index contributed by atoms with van der Waals surface area (Å²) in [6, 6.07) is 12.8. The molecule has 0 atom stereocenters. The summed E-state index contributed by atoms with van der Waals surface area (Å²) in [4.78, 5) is 17.0. The van der Waals surface area contributed by atoms with Crippen LogP contribution in [0.3, 0.4) is 0 Å². The number of hydrogen-bond donors (Lipinski definition) is 1. The van der Waals surface area contributed by atoms with Crippen molar-refractivity contribution >= 4 is 5.91 Å². The summed E-state index contributed by atoms with van der Waals surface area (Å²) in [5.74, 6) is -1.03. The number of amides is 1. The third-order valence-corrected chi connectivity index (χ3v) is 3.28. The molecule has 1 heterocycles. The minimum Gasteiger partial charge on any atom is -0.376 e. The molecule has 5 nitrogen and oxygen atoms in total. The number of carbonyl (C=O) groups is 1. The first-order valence-electron chi connectivity index (χ1n) is 6.94. The highest BCUT2D eigenvalue weighted by atomic mass is 19.1. The maximum absolute atomic E-state index is 13.4. The first-order valence-corrected chi connectivity index (χ1v) is 6.94. The van der Waals surface area contributed by atoms with E-state index in [1.54, 1.807) is 35.1 Å². The first-order chi connectivity index (χ1) is 11.1. The average Bonchev–Trinajstić information content (AvgIpc) is 3.00. The first kappa shape index (κ1) is 14.8. The molecule has 0 aliphatic rings. The molecule has 3 rings (SSSR count). The van der Waals surface area contributed by atoms with Gasteiger partial charge in [0.1, 0.15) is 0 Å². The Kier molecular flexibility index (Phi) is 4.05. The number of rotatable bonds is 4. The Balaban J connectivity index is 1.67. The quantitative estimate of drug-likeness (QED) is 0.754. The van der Waals surface area contributed by atoms with E-state index in [-0.39, 0.29) is 5.75 Å². The smallest absolute Gasteiger partial charge is 0.283 e. The summed E-state index contributed by atoms with van der Waals surface area (Å²) in [5.41, 5.74) is 4.54. The van der Waals surface area contributed by atoms with E-state index in [1.165, 1.54) is 12.1 Å². The van der Waals surface area contributed by atoms with Gasteiger partial charge in [-0.15, -0.1) is 0 Å². The van der Waals surface area contributed by atoms with Crippen molar-refractivity contribution in [3.63, 3.8) is 0 Å². The van der Waals surface area contributed by atoms with Crippen LogP contribution in [0.2, 0.25) is 0 Å². The molecule has 0 bridgehead atoms. The Morgan fingerprint density at radius 1 is 1.13 bits per heavy atom. The number of aromatic nitrogens is 2. The fourth-order valence-electron chi connectivity index (χ4n) is 2.07. The summed E-state index contributed by atoms with van der Waals surface area (Å²) in [5, 5.41) is 4.10. The number of halogens is 1. The van der Waals surface area contributed by atoms with E-state index in [1.807, 2.05) is 25.4 Å². The highest BCUT2D eigenvalue weighted by molar-refractivity contribution is 5.94. The van der Waals surface area contributed by atoms with Gasteiger partial charge in [0, 0.05) is 24.4 Å². The number of hydrogen-bond acceptors (Lipinski definition) is 3. The molecule has 0 saturated heterocycles. The lowest BCUT2D eigenvalue weighted by Crippen LogP contribution is -2.27.